The van der Waals surface area contributed by atoms with Crippen LogP contribution in [0.5, 0.6) is 0 Å². The monoisotopic (exact) mass is 301 g/mol. The van der Waals surface area contributed by atoms with Gasteiger partial charge in [0.25, 0.3) is 0 Å². The van der Waals surface area contributed by atoms with Crippen LogP contribution in [0, 0.1) is 0 Å². The number of nitrogens with one attached hydrogen (secondary N) is 1. The van der Waals surface area contributed by atoms with Crippen molar-refractivity contribution in [2.75, 3.05) is 33.0 Å². The lowest BCUT2D eigenvalue weighted by Gasteiger charge is -2.39. The molecule has 0 saturated heterocycles. The number of ether oxygens (including phenoxy) is 3. The number of hydrogen-bond acceptors (Lipinski definition) is 5. The second-order valence-corrected chi connectivity index (χ2v) is 5.52. The second kappa shape index (κ2) is 10.1. The number of hydrogen-bond donors (Lipinski definition) is 1. The second-order valence-electron chi connectivity index (χ2n) is 5.52. The zero-order valence-corrected chi connectivity index (χ0v) is 13.8. The van der Waals surface area contributed by atoms with E-state index in [1.807, 2.05) is 13.8 Å². The maximum atomic E-state index is 12.4. The smallest absolute Gasteiger partial charge is 0.326 e. The topological polar surface area (TPSA) is 56.8 Å². The largest absolute Gasteiger partial charge is 0.465 e. The Labute approximate surface area is 128 Å². The Kier molecular flexibility index (Phi) is 8.88. The molecule has 0 aromatic rings. The van der Waals surface area contributed by atoms with Crippen LogP contribution in [0.4, 0.5) is 0 Å². The Balaban J connectivity index is 2.57. The minimum atomic E-state index is -0.569. The van der Waals surface area contributed by atoms with Gasteiger partial charge in [-0.1, -0.05) is 6.92 Å². The average Bonchev–Trinajstić information content (AvgIpc) is 2.50. The first kappa shape index (κ1) is 18.4. The van der Waals surface area contributed by atoms with E-state index in [0.717, 1.165) is 32.2 Å². The van der Waals surface area contributed by atoms with Crippen LogP contribution in [0.3, 0.4) is 0 Å². The predicted octanol–water partition coefficient (Wildman–Crippen LogP) is 2.28. The molecule has 0 amide bonds. The predicted molar refractivity (Wildman–Crippen MR) is 82.4 cm³/mol. The molecular weight excluding hydrogens is 270 g/mol. The number of carbonyl (C=O) groups excluding carboxylic acids is 1. The van der Waals surface area contributed by atoms with Crippen LogP contribution in [0.15, 0.2) is 0 Å². The van der Waals surface area contributed by atoms with Crippen LogP contribution in [-0.4, -0.2) is 50.6 Å². The summed E-state index contributed by atoms with van der Waals surface area (Å²) in [5.41, 5.74) is -0.569. The third kappa shape index (κ3) is 5.93. The molecule has 0 radical (unpaired) electrons. The summed E-state index contributed by atoms with van der Waals surface area (Å²) in [7, 11) is 0. The molecule has 1 aliphatic rings. The van der Waals surface area contributed by atoms with Gasteiger partial charge in [0.1, 0.15) is 5.54 Å². The highest BCUT2D eigenvalue weighted by Crippen LogP contribution is 2.31. The molecule has 1 aliphatic carbocycles. The summed E-state index contributed by atoms with van der Waals surface area (Å²) >= 11 is 0. The van der Waals surface area contributed by atoms with Gasteiger partial charge in [-0.2, -0.15) is 0 Å². The number of esters is 1. The van der Waals surface area contributed by atoms with Crippen molar-refractivity contribution in [2.24, 2.45) is 0 Å². The van der Waals surface area contributed by atoms with Crippen molar-refractivity contribution in [3.63, 3.8) is 0 Å². The van der Waals surface area contributed by atoms with E-state index in [0.29, 0.717) is 32.8 Å². The van der Waals surface area contributed by atoms with Gasteiger partial charge in [-0.05, 0) is 46.1 Å². The van der Waals surface area contributed by atoms with Crippen LogP contribution in [-0.2, 0) is 19.0 Å². The molecule has 1 N–H and O–H groups in total. The maximum absolute atomic E-state index is 12.4. The summed E-state index contributed by atoms with van der Waals surface area (Å²) in [6.45, 7) is 9.08. The molecule has 21 heavy (non-hydrogen) atoms. The zero-order chi connectivity index (χ0) is 15.6. The van der Waals surface area contributed by atoms with Crippen molar-refractivity contribution < 1.29 is 19.0 Å². The fraction of sp³-hybridized carbons (Fsp3) is 0.938. The molecule has 0 aliphatic heterocycles. The van der Waals surface area contributed by atoms with E-state index < -0.39 is 5.54 Å². The van der Waals surface area contributed by atoms with Crippen LogP contribution in [0.25, 0.3) is 0 Å². The van der Waals surface area contributed by atoms with E-state index in [9.17, 15) is 4.79 Å². The van der Waals surface area contributed by atoms with Gasteiger partial charge in [0.05, 0.1) is 25.9 Å². The molecule has 1 fully saturated rings. The highest BCUT2D eigenvalue weighted by molar-refractivity contribution is 5.81. The minimum absolute atomic E-state index is 0.105. The zero-order valence-electron chi connectivity index (χ0n) is 13.8. The van der Waals surface area contributed by atoms with Gasteiger partial charge in [0.2, 0.25) is 0 Å². The first-order valence-electron chi connectivity index (χ1n) is 8.30. The van der Waals surface area contributed by atoms with E-state index in [1.54, 1.807) is 0 Å². The summed E-state index contributed by atoms with van der Waals surface area (Å²) in [4.78, 5) is 12.4. The summed E-state index contributed by atoms with van der Waals surface area (Å²) < 4.78 is 16.5. The molecule has 0 heterocycles. The van der Waals surface area contributed by atoms with Gasteiger partial charge in [-0.15, -0.1) is 0 Å². The molecule has 0 aromatic carbocycles. The summed E-state index contributed by atoms with van der Waals surface area (Å²) in [5.74, 6) is -0.128. The molecule has 5 nitrogen and oxygen atoms in total. The molecule has 1 saturated carbocycles. The van der Waals surface area contributed by atoms with Crippen LogP contribution >= 0.6 is 0 Å². The van der Waals surface area contributed by atoms with Crippen molar-refractivity contribution in [1.82, 2.24) is 5.32 Å². The Morgan fingerprint density at radius 2 is 2.05 bits per heavy atom. The summed E-state index contributed by atoms with van der Waals surface area (Å²) in [6, 6.07) is 0. The average molecular weight is 301 g/mol. The lowest BCUT2D eigenvalue weighted by molar-refractivity contribution is -0.155. The molecule has 0 aromatic heterocycles. The van der Waals surface area contributed by atoms with Gasteiger partial charge in [0.15, 0.2) is 0 Å². The van der Waals surface area contributed by atoms with Gasteiger partial charge in [0, 0.05) is 13.0 Å². The van der Waals surface area contributed by atoms with E-state index >= 15 is 0 Å². The Bertz CT molecular complexity index is 298. The van der Waals surface area contributed by atoms with Crippen molar-refractivity contribution >= 4 is 5.97 Å². The Hall–Kier alpha value is -0.650. The van der Waals surface area contributed by atoms with Gasteiger partial charge in [-0.3, -0.25) is 4.79 Å². The minimum Gasteiger partial charge on any atom is -0.465 e. The molecular formula is C16H31NO4. The third-order valence-electron chi connectivity index (χ3n) is 3.87. The molecule has 2 atom stereocenters. The summed E-state index contributed by atoms with van der Waals surface area (Å²) in [6.07, 6.45) is 4.61. The highest BCUT2D eigenvalue weighted by atomic mass is 16.5. The Morgan fingerprint density at radius 3 is 2.71 bits per heavy atom. The van der Waals surface area contributed by atoms with Crippen molar-refractivity contribution in [3.05, 3.63) is 0 Å². The number of rotatable bonds is 10. The standard InChI is InChI=1S/C16H31NO4/c1-4-10-17-16(15(18)20-6-3)9-7-8-14(13-16)21-12-11-19-5-2/h14,17H,4-13H2,1-3H3. The molecule has 5 heteroatoms. The first-order chi connectivity index (χ1) is 10.2. The first-order valence-corrected chi connectivity index (χ1v) is 8.30. The van der Waals surface area contributed by atoms with Gasteiger partial charge < -0.3 is 19.5 Å². The molecule has 2 unspecified atom stereocenters. The maximum Gasteiger partial charge on any atom is 0.326 e. The van der Waals surface area contributed by atoms with Crippen LogP contribution in [0.2, 0.25) is 0 Å². The quantitative estimate of drug-likeness (QED) is 0.495. The Morgan fingerprint density at radius 1 is 1.24 bits per heavy atom. The SMILES string of the molecule is CCCNC1(C(=O)OCC)CCCC(OCCOCC)C1. The number of carbonyl (C=O) groups is 1. The van der Waals surface area contributed by atoms with Crippen molar-refractivity contribution in [2.45, 2.75) is 64.5 Å². The van der Waals surface area contributed by atoms with E-state index in [4.69, 9.17) is 14.2 Å². The summed E-state index contributed by atoms with van der Waals surface area (Å²) in [5, 5.41) is 3.42. The van der Waals surface area contributed by atoms with Gasteiger partial charge in [-0.25, -0.2) is 0 Å². The van der Waals surface area contributed by atoms with E-state index in [2.05, 4.69) is 12.2 Å². The molecule has 0 bridgehead atoms. The fourth-order valence-corrected chi connectivity index (χ4v) is 2.84. The molecule has 0 spiro atoms. The normalized spacial score (nSPS) is 25.8. The lowest BCUT2D eigenvalue weighted by atomic mass is 9.80. The lowest BCUT2D eigenvalue weighted by Crippen LogP contribution is -2.57. The fourth-order valence-electron chi connectivity index (χ4n) is 2.84. The van der Waals surface area contributed by atoms with Crippen molar-refractivity contribution in [3.8, 4) is 0 Å². The molecule has 124 valence electrons. The third-order valence-corrected chi connectivity index (χ3v) is 3.87. The van der Waals surface area contributed by atoms with Gasteiger partial charge >= 0.3 is 5.97 Å². The highest BCUT2D eigenvalue weighted by Gasteiger charge is 2.43. The van der Waals surface area contributed by atoms with E-state index in [-0.39, 0.29) is 12.1 Å². The van der Waals surface area contributed by atoms with Crippen LogP contribution in [0.1, 0.15) is 52.9 Å². The van der Waals surface area contributed by atoms with Crippen molar-refractivity contribution in [1.29, 1.82) is 0 Å². The van der Waals surface area contributed by atoms with E-state index in [1.165, 1.54) is 0 Å². The van der Waals surface area contributed by atoms with Crippen LogP contribution < -0.4 is 5.32 Å². The molecule has 1 rings (SSSR count).